The molecule has 0 aliphatic carbocycles. The van der Waals surface area contributed by atoms with E-state index in [1.54, 1.807) is 12.3 Å². The molecule has 0 spiro atoms. The predicted octanol–water partition coefficient (Wildman–Crippen LogP) is 3.74. The molecule has 1 aliphatic heterocycles. The fourth-order valence-corrected chi connectivity index (χ4v) is 3.06. The molecule has 1 aromatic heterocycles. The average molecular weight is 349 g/mol. The van der Waals surface area contributed by atoms with Crippen LogP contribution in [0.4, 0.5) is 5.82 Å². The van der Waals surface area contributed by atoms with E-state index in [0.29, 0.717) is 0 Å². The molecular formula is C22H27N3O. The van der Waals surface area contributed by atoms with Crippen LogP contribution in [0.2, 0.25) is 0 Å². The van der Waals surface area contributed by atoms with Crippen molar-refractivity contribution in [2.45, 2.75) is 26.2 Å². The standard InChI is InChI=1S/C22H27N3O/c1-22(2,3)19-10-7-18(8-11-19)9-12-21(26)25-16-14-24(15-17-25)20-6-4-5-13-23-20/h4-13H,14-17H2,1-3H3/b12-9+. The Hall–Kier alpha value is -2.62. The van der Waals surface area contributed by atoms with Gasteiger partial charge in [-0.2, -0.15) is 0 Å². The highest BCUT2D eigenvalue weighted by Gasteiger charge is 2.20. The highest BCUT2D eigenvalue weighted by atomic mass is 16.2. The van der Waals surface area contributed by atoms with Gasteiger partial charge in [0.05, 0.1) is 0 Å². The number of anilines is 1. The molecule has 1 aliphatic rings. The largest absolute Gasteiger partial charge is 0.353 e. The van der Waals surface area contributed by atoms with Crippen LogP contribution < -0.4 is 4.90 Å². The number of hydrogen-bond acceptors (Lipinski definition) is 3. The summed E-state index contributed by atoms with van der Waals surface area (Å²) in [5.41, 5.74) is 2.50. The lowest BCUT2D eigenvalue weighted by Crippen LogP contribution is -2.48. The maximum absolute atomic E-state index is 12.4. The summed E-state index contributed by atoms with van der Waals surface area (Å²) in [5, 5.41) is 0. The third-order valence-electron chi connectivity index (χ3n) is 4.76. The van der Waals surface area contributed by atoms with Gasteiger partial charge in [-0.15, -0.1) is 0 Å². The molecule has 0 unspecified atom stereocenters. The van der Waals surface area contributed by atoms with Crippen LogP contribution in [-0.2, 0) is 10.2 Å². The first-order chi connectivity index (χ1) is 12.4. The van der Waals surface area contributed by atoms with E-state index >= 15 is 0 Å². The second-order valence-corrected chi connectivity index (χ2v) is 7.71. The minimum Gasteiger partial charge on any atom is -0.353 e. The van der Waals surface area contributed by atoms with Crippen molar-refractivity contribution >= 4 is 17.8 Å². The Morgan fingerprint density at radius 2 is 1.69 bits per heavy atom. The lowest BCUT2D eigenvalue weighted by atomic mass is 9.87. The number of nitrogens with zero attached hydrogens (tertiary/aromatic N) is 3. The number of pyridine rings is 1. The van der Waals surface area contributed by atoms with Crippen molar-refractivity contribution in [1.29, 1.82) is 0 Å². The quantitative estimate of drug-likeness (QED) is 0.792. The van der Waals surface area contributed by atoms with Crippen molar-refractivity contribution < 1.29 is 4.79 Å². The maximum atomic E-state index is 12.4. The minimum absolute atomic E-state index is 0.0746. The van der Waals surface area contributed by atoms with E-state index in [1.165, 1.54) is 5.56 Å². The molecule has 136 valence electrons. The van der Waals surface area contributed by atoms with E-state index in [4.69, 9.17) is 0 Å². The fraction of sp³-hybridized carbons (Fsp3) is 0.364. The van der Waals surface area contributed by atoms with Gasteiger partial charge in [0, 0.05) is 38.5 Å². The third-order valence-corrected chi connectivity index (χ3v) is 4.76. The molecular weight excluding hydrogens is 322 g/mol. The van der Waals surface area contributed by atoms with Crippen LogP contribution in [0.1, 0.15) is 31.9 Å². The first-order valence-corrected chi connectivity index (χ1v) is 9.17. The molecule has 4 nitrogen and oxygen atoms in total. The Morgan fingerprint density at radius 1 is 1.00 bits per heavy atom. The van der Waals surface area contributed by atoms with E-state index < -0.39 is 0 Å². The predicted molar refractivity (Wildman–Crippen MR) is 107 cm³/mol. The smallest absolute Gasteiger partial charge is 0.246 e. The Balaban J connectivity index is 1.55. The Morgan fingerprint density at radius 3 is 2.27 bits per heavy atom. The molecule has 1 fully saturated rings. The summed E-state index contributed by atoms with van der Waals surface area (Å²) in [6, 6.07) is 14.3. The minimum atomic E-state index is 0.0746. The first-order valence-electron chi connectivity index (χ1n) is 9.17. The van der Waals surface area contributed by atoms with Gasteiger partial charge in [0.2, 0.25) is 5.91 Å². The molecule has 4 heteroatoms. The number of carbonyl (C=O) groups is 1. The van der Waals surface area contributed by atoms with Crippen molar-refractivity contribution in [3.63, 3.8) is 0 Å². The molecule has 1 aromatic carbocycles. The van der Waals surface area contributed by atoms with Crippen molar-refractivity contribution in [1.82, 2.24) is 9.88 Å². The van der Waals surface area contributed by atoms with Crippen LogP contribution in [0.3, 0.4) is 0 Å². The SMILES string of the molecule is CC(C)(C)c1ccc(/C=C/C(=O)N2CCN(c3ccccn3)CC2)cc1. The lowest BCUT2D eigenvalue weighted by molar-refractivity contribution is -0.126. The summed E-state index contributed by atoms with van der Waals surface area (Å²) >= 11 is 0. The Kier molecular flexibility index (Phi) is 5.40. The zero-order valence-electron chi connectivity index (χ0n) is 15.9. The maximum Gasteiger partial charge on any atom is 0.246 e. The molecule has 0 saturated carbocycles. The summed E-state index contributed by atoms with van der Waals surface area (Å²) in [7, 11) is 0. The molecule has 26 heavy (non-hydrogen) atoms. The Labute approximate surface area is 156 Å². The van der Waals surface area contributed by atoms with Gasteiger partial charge in [0.25, 0.3) is 0 Å². The highest BCUT2D eigenvalue weighted by Crippen LogP contribution is 2.22. The average Bonchev–Trinajstić information content (AvgIpc) is 2.66. The van der Waals surface area contributed by atoms with Crippen molar-refractivity contribution in [2.24, 2.45) is 0 Å². The zero-order chi connectivity index (χ0) is 18.6. The van der Waals surface area contributed by atoms with E-state index in [-0.39, 0.29) is 11.3 Å². The fourth-order valence-electron chi connectivity index (χ4n) is 3.06. The second kappa shape index (κ2) is 7.73. The summed E-state index contributed by atoms with van der Waals surface area (Å²) in [5.74, 6) is 1.06. The molecule has 0 N–H and O–H groups in total. The van der Waals surface area contributed by atoms with Gasteiger partial charge in [-0.1, -0.05) is 51.1 Å². The number of benzene rings is 1. The second-order valence-electron chi connectivity index (χ2n) is 7.71. The Bertz CT molecular complexity index is 752. The van der Waals surface area contributed by atoms with Crippen LogP contribution in [0.25, 0.3) is 6.08 Å². The first kappa shape index (κ1) is 18.2. The summed E-state index contributed by atoms with van der Waals surface area (Å²) < 4.78 is 0. The monoisotopic (exact) mass is 349 g/mol. The molecule has 0 radical (unpaired) electrons. The molecule has 0 atom stereocenters. The number of carbonyl (C=O) groups excluding carboxylic acids is 1. The van der Waals surface area contributed by atoms with Crippen LogP contribution in [0.5, 0.6) is 0 Å². The van der Waals surface area contributed by atoms with Crippen molar-refractivity contribution in [2.75, 3.05) is 31.1 Å². The number of amides is 1. The number of hydrogen-bond donors (Lipinski definition) is 0. The van der Waals surface area contributed by atoms with Gasteiger partial charge >= 0.3 is 0 Å². The number of aromatic nitrogens is 1. The normalized spacial score (nSPS) is 15.5. The third kappa shape index (κ3) is 4.51. The lowest BCUT2D eigenvalue weighted by Gasteiger charge is -2.34. The molecule has 1 saturated heterocycles. The number of rotatable bonds is 3. The van der Waals surface area contributed by atoms with E-state index in [0.717, 1.165) is 37.6 Å². The van der Waals surface area contributed by atoms with Gasteiger partial charge < -0.3 is 9.80 Å². The van der Waals surface area contributed by atoms with E-state index in [1.807, 2.05) is 29.2 Å². The molecule has 1 amide bonds. The van der Waals surface area contributed by atoms with Gasteiger partial charge in [-0.05, 0) is 34.8 Å². The zero-order valence-corrected chi connectivity index (χ0v) is 15.9. The van der Waals surface area contributed by atoms with E-state index in [2.05, 4.69) is 54.9 Å². The van der Waals surface area contributed by atoms with Crippen molar-refractivity contribution in [3.8, 4) is 0 Å². The molecule has 2 heterocycles. The van der Waals surface area contributed by atoms with Gasteiger partial charge in [-0.3, -0.25) is 4.79 Å². The van der Waals surface area contributed by atoms with Crippen LogP contribution in [0.15, 0.2) is 54.7 Å². The van der Waals surface area contributed by atoms with Gasteiger partial charge in [-0.25, -0.2) is 4.98 Å². The summed E-state index contributed by atoms with van der Waals surface area (Å²) in [6.07, 6.45) is 5.39. The summed E-state index contributed by atoms with van der Waals surface area (Å²) in [6.45, 7) is 9.68. The highest BCUT2D eigenvalue weighted by molar-refractivity contribution is 5.92. The van der Waals surface area contributed by atoms with Gasteiger partial charge in [0.1, 0.15) is 5.82 Å². The summed E-state index contributed by atoms with van der Waals surface area (Å²) in [4.78, 5) is 20.9. The topological polar surface area (TPSA) is 36.4 Å². The molecule has 0 bridgehead atoms. The molecule has 2 aromatic rings. The van der Waals surface area contributed by atoms with Crippen LogP contribution >= 0.6 is 0 Å². The van der Waals surface area contributed by atoms with E-state index in [9.17, 15) is 4.79 Å². The van der Waals surface area contributed by atoms with Gasteiger partial charge in [0.15, 0.2) is 0 Å². The molecule has 3 rings (SSSR count). The van der Waals surface area contributed by atoms with Crippen molar-refractivity contribution in [3.05, 3.63) is 65.9 Å². The van der Waals surface area contributed by atoms with Crippen LogP contribution in [-0.4, -0.2) is 42.0 Å². The van der Waals surface area contributed by atoms with Crippen LogP contribution in [0, 0.1) is 0 Å². The number of piperazine rings is 1.